The predicted octanol–water partition coefficient (Wildman–Crippen LogP) is 3.39. The van der Waals surface area contributed by atoms with Crippen LogP contribution in [0.1, 0.15) is 13.8 Å². The number of carbonyl (C=O) groups is 1. The molecule has 0 aromatic heterocycles. The Morgan fingerprint density at radius 3 is 2.74 bits per heavy atom. The van der Waals surface area contributed by atoms with Crippen molar-refractivity contribution in [1.29, 1.82) is 0 Å². The third-order valence-corrected chi connectivity index (χ3v) is 8.29. The lowest BCUT2D eigenvalue weighted by atomic mass is 10.0. The SMILES string of the molecule is COc1ccccc1NC(=O)N(C)C[C@@H]1Oc2cc(Br)ccc2S(=O)(=O)N([C@H](C)CO)C[C@@H]1C. The summed E-state index contributed by atoms with van der Waals surface area (Å²) in [6.45, 7) is 3.55. The van der Waals surface area contributed by atoms with Gasteiger partial charge in [0.1, 0.15) is 22.5 Å². The third-order valence-electron chi connectivity index (χ3n) is 5.78. The number of nitrogens with one attached hydrogen (secondary N) is 1. The smallest absolute Gasteiger partial charge is 0.321 e. The molecule has 0 fully saturated rings. The van der Waals surface area contributed by atoms with Crippen LogP contribution >= 0.6 is 15.9 Å². The molecule has 9 nitrogen and oxygen atoms in total. The molecule has 0 saturated heterocycles. The molecule has 0 radical (unpaired) electrons. The lowest BCUT2D eigenvalue weighted by Crippen LogP contribution is -2.50. The highest BCUT2D eigenvalue weighted by atomic mass is 79.9. The van der Waals surface area contributed by atoms with Crippen molar-refractivity contribution < 1.29 is 27.8 Å². The number of urea groups is 1. The topological polar surface area (TPSA) is 108 Å². The molecular formula is C23H30BrN3O6S. The van der Waals surface area contributed by atoms with E-state index >= 15 is 0 Å². The predicted molar refractivity (Wildman–Crippen MR) is 133 cm³/mol. The molecule has 3 rings (SSSR count). The molecule has 0 aliphatic carbocycles. The fourth-order valence-corrected chi connectivity index (χ4v) is 5.89. The van der Waals surface area contributed by atoms with Crippen molar-refractivity contribution in [2.75, 3.05) is 39.2 Å². The summed E-state index contributed by atoms with van der Waals surface area (Å²) < 4.78 is 40.2. The van der Waals surface area contributed by atoms with Crippen LogP contribution in [0.4, 0.5) is 10.5 Å². The lowest BCUT2D eigenvalue weighted by molar-refractivity contribution is 0.0829. The molecule has 0 spiro atoms. The fourth-order valence-electron chi connectivity index (χ4n) is 3.73. The molecule has 11 heteroatoms. The van der Waals surface area contributed by atoms with Gasteiger partial charge in [0.05, 0.1) is 25.9 Å². The van der Waals surface area contributed by atoms with Gasteiger partial charge in [0.2, 0.25) is 10.0 Å². The first kappa shape index (κ1) is 26.3. The van der Waals surface area contributed by atoms with Crippen LogP contribution in [0.5, 0.6) is 11.5 Å². The summed E-state index contributed by atoms with van der Waals surface area (Å²) in [4.78, 5) is 14.4. The maximum Gasteiger partial charge on any atom is 0.321 e. The normalized spacial score (nSPS) is 20.8. The highest BCUT2D eigenvalue weighted by Gasteiger charge is 2.38. The summed E-state index contributed by atoms with van der Waals surface area (Å²) in [5.41, 5.74) is 0.539. The first-order valence-electron chi connectivity index (χ1n) is 10.8. The van der Waals surface area contributed by atoms with Crippen molar-refractivity contribution in [3.63, 3.8) is 0 Å². The average molecular weight is 556 g/mol. The Balaban J connectivity index is 1.89. The number of likely N-dealkylation sites (N-methyl/N-ethyl adjacent to an activating group) is 1. The number of halogens is 1. The molecule has 1 aliphatic rings. The lowest BCUT2D eigenvalue weighted by Gasteiger charge is -2.37. The fraction of sp³-hybridized carbons (Fsp3) is 0.435. The minimum atomic E-state index is -3.90. The summed E-state index contributed by atoms with van der Waals surface area (Å²) in [5, 5.41) is 12.5. The first-order valence-corrected chi connectivity index (χ1v) is 13.1. The van der Waals surface area contributed by atoms with Crippen LogP contribution in [0, 0.1) is 5.92 Å². The zero-order valence-corrected chi connectivity index (χ0v) is 22.0. The van der Waals surface area contributed by atoms with Gasteiger partial charge in [-0.2, -0.15) is 4.31 Å². The number of methoxy groups -OCH3 is 1. The van der Waals surface area contributed by atoms with E-state index in [0.29, 0.717) is 15.9 Å². The molecule has 2 N–H and O–H groups in total. The van der Waals surface area contributed by atoms with E-state index in [-0.39, 0.29) is 42.3 Å². The molecule has 3 atom stereocenters. The first-order chi connectivity index (χ1) is 16.1. The van der Waals surface area contributed by atoms with E-state index in [9.17, 15) is 18.3 Å². The molecule has 186 valence electrons. The summed E-state index contributed by atoms with van der Waals surface area (Å²) in [5.74, 6) is 0.453. The van der Waals surface area contributed by atoms with E-state index in [4.69, 9.17) is 9.47 Å². The highest BCUT2D eigenvalue weighted by Crippen LogP contribution is 2.35. The zero-order valence-electron chi connectivity index (χ0n) is 19.6. The van der Waals surface area contributed by atoms with Gasteiger partial charge >= 0.3 is 6.03 Å². The molecule has 0 unspecified atom stereocenters. The van der Waals surface area contributed by atoms with Crippen molar-refractivity contribution in [1.82, 2.24) is 9.21 Å². The van der Waals surface area contributed by atoms with Crippen LogP contribution in [0.2, 0.25) is 0 Å². The van der Waals surface area contributed by atoms with E-state index in [1.54, 1.807) is 44.3 Å². The number of anilines is 1. The Morgan fingerprint density at radius 1 is 1.35 bits per heavy atom. The molecule has 2 amide bonds. The highest BCUT2D eigenvalue weighted by molar-refractivity contribution is 9.10. The molecule has 0 saturated carbocycles. The number of benzene rings is 2. The van der Waals surface area contributed by atoms with Gasteiger partial charge in [-0.05, 0) is 37.3 Å². The second kappa shape index (κ2) is 10.9. The number of nitrogens with zero attached hydrogens (tertiary/aromatic N) is 2. The third kappa shape index (κ3) is 5.65. The Morgan fingerprint density at radius 2 is 2.06 bits per heavy atom. The van der Waals surface area contributed by atoms with E-state index in [1.165, 1.54) is 22.4 Å². The monoisotopic (exact) mass is 555 g/mol. The quantitative estimate of drug-likeness (QED) is 0.565. The second-order valence-corrected chi connectivity index (χ2v) is 11.1. The molecule has 1 heterocycles. The number of aliphatic hydroxyl groups excluding tert-OH is 1. The molecule has 34 heavy (non-hydrogen) atoms. The van der Waals surface area contributed by atoms with Gasteiger partial charge in [0, 0.05) is 30.0 Å². The average Bonchev–Trinajstić information content (AvgIpc) is 2.80. The number of rotatable bonds is 6. The Kier molecular flexibility index (Phi) is 8.45. The Bertz CT molecular complexity index is 1130. The van der Waals surface area contributed by atoms with Gasteiger partial charge in [-0.15, -0.1) is 0 Å². The van der Waals surface area contributed by atoms with Gasteiger partial charge in [-0.3, -0.25) is 0 Å². The number of para-hydroxylation sites is 2. The number of amides is 2. The Labute approximate surface area is 208 Å². The van der Waals surface area contributed by atoms with Gasteiger partial charge < -0.3 is 24.8 Å². The van der Waals surface area contributed by atoms with Crippen molar-refractivity contribution in [3.8, 4) is 11.5 Å². The summed E-state index contributed by atoms with van der Waals surface area (Å²) in [6.07, 6.45) is -0.509. The summed E-state index contributed by atoms with van der Waals surface area (Å²) in [6, 6.07) is 10.8. The van der Waals surface area contributed by atoms with Crippen molar-refractivity contribution in [3.05, 3.63) is 46.9 Å². The molecule has 1 aliphatic heterocycles. The number of fused-ring (bicyclic) bond motifs is 1. The van der Waals surface area contributed by atoms with Crippen LogP contribution < -0.4 is 14.8 Å². The minimum Gasteiger partial charge on any atom is -0.495 e. The van der Waals surface area contributed by atoms with E-state index in [2.05, 4.69) is 21.2 Å². The zero-order chi connectivity index (χ0) is 25.0. The van der Waals surface area contributed by atoms with Crippen LogP contribution in [0.3, 0.4) is 0 Å². The molecular weight excluding hydrogens is 526 g/mol. The van der Waals surface area contributed by atoms with E-state index < -0.39 is 22.2 Å². The van der Waals surface area contributed by atoms with Crippen LogP contribution in [0.25, 0.3) is 0 Å². The molecule has 2 aromatic carbocycles. The standard InChI is InChI=1S/C23H30BrN3O6S/c1-15-12-27(16(2)14-28)34(30,31)22-10-9-17(24)11-20(22)33-21(15)13-26(3)23(29)25-18-7-5-6-8-19(18)32-4/h5-11,15-16,21,28H,12-14H2,1-4H3,(H,25,29)/t15-,16+,21-/m0/s1. The number of hydrogen-bond donors (Lipinski definition) is 2. The van der Waals surface area contributed by atoms with Gasteiger partial charge in [-0.1, -0.05) is 35.0 Å². The van der Waals surface area contributed by atoms with Gasteiger partial charge in [0.15, 0.2) is 0 Å². The number of sulfonamides is 1. The maximum absolute atomic E-state index is 13.4. The van der Waals surface area contributed by atoms with Crippen LogP contribution in [-0.4, -0.2) is 74.8 Å². The van der Waals surface area contributed by atoms with Crippen molar-refractivity contribution in [2.45, 2.75) is 30.9 Å². The van der Waals surface area contributed by atoms with E-state index in [1.807, 2.05) is 13.0 Å². The minimum absolute atomic E-state index is 0.0222. The Hall–Kier alpha value is -2.34. The summed E-state index contributed by atoms with van der Waals surface area (Å²) >= 11 is 3.38. The largest absolute Gasteiger partial charge is 0.495 e. The van der Waals surface area contributed by atoms with Crippen LogP contribution in [-0.2, 0) is 10.0 Å². The maximum atomic E-state index is 13.4. The molecule has 0 bridgehead atoms. The number of aliphatic hydroxyl groups is 1. The van der Waals surface area contributed by atoms with Gasteiger partial charge in [0.25, 0.3) is 0 Å². The van der Waals surface area contributed by atoms with E-state index in [0.717, 1.165) is 0 Å². The number of carbonyl (C=O) groups excluding carboxylic acids is 1. The second-order valence-electron chi connectivity index (χ2n) is 8.34. The number of hydrogen-bond acceptors (Lipinski definition) is 6. The summed E-state index contributed by atoms with van der Waals surface area (Å²) in [7, 11) is -0.725. The molecule has 2 aromatic rings. The van der Waals surface area contributed by atoms with Crippen molar-refractivity contribution in [2.24, 2.45) is 5.92 Å². The van der Waals surface area contributed by atoms with Gasteiger partial charge in [-0.25, -0.2) is 13.2 Å². The van der Waals surface area contributed by atoms with Crippen LogP contribution in [0.15, 0.2) is 51.8 Å². The number of ether oxygens (including phenoxy) is 2. The van der Waals surface area contributed by atoms with Crippen molar-refractivity contribution >= 4 is 37.7 Å².